The summed E-state index contributed by atoms with van der Waals surface area (Å²) >= 11 is 11.8. The van der Waals surface area contributed by atoms with Crippen molar-refractivity contribution in [1.29, 1.82) is 0 Å². The Hall–Kier alpha value is -3.40. The number of nitrogens with one attached hydrogen (secondary N) is 3. The molecule has 0 aliphatic rings. The Morgan fingerprint density at radius 2 is 1.70 bits per heavy atom. The van der Waals surface area contributed by atoms with Gasteiger partial charge < -0.3 is 15.4 Å². The van der Waals surface area contributed by atoms with Gasteiger partial charge in [0.15, 0.2) is 0 Å². The zero-order chi connectivity index (χ0) is 21.5. The number of hydroxylamine groups is 1. The maximum atomic E-state index is 12.2. The monoisotopic (exact) mass is 447 g/mol. The summed E-state index contributed by atoms with van der Waals surface area (Å²) in [5.41, 5.74) is 3.17. The van der Waals surface area contributed by atoms with Gasteiger partial charge in [0.2, 0.25) is 5.88 Å². The number of urea groups is 1. The number of ether oxygens (including phenoxy) is 1. The van der Waals surface area contributed by atoms with Crippen molar-refractivity contribution < 1.29 is 19.2 Å². The first-order chi connectivity index (χ1) is 14.4. The number of nitrogens with zero attached hydrogens (tertiary/aromatic N) is 2. The van der Waals surface area contributed by atoms with Crippen LogP contribution in [0, 0.1) is 0 Å². The van der Waals surface area contributed by atoms with Gasteiger partial charge in [0, 0.05) is 23.5 Å². The summed E-state index contributed by atoms with van der Waals surface area (Å²) in [5.74, 6) is -0.0121. The van der Waals surface area contributed by atoms with Crippen LogP contribution in [0.5, 0.6) is 11.6 Å². The Bertz CT molecular complexity index is 1080. The highest BCUT2D eigenvalue weighted by Crippen LogP contribution is 2.26. The van der Waals surface area contributed by atoms with E-state index in [9.17, 15) is 9.59 Å². The fourth-order valence-electron chi connectivity index (χ4n) is 2.29. The van der Waals surface area contributed by atoms with Crippen molar-refractivity contribution >= 4 is 46.5 Å². The number of aromatic nitrogens is 2. The van der Waals surface area contributed by atoms with Crippen LogP contribution in [0.3, 0.4) is 0 Å². The standard InChI is InChI=1S/C19H15Cl2N5O4/c1-29-26-18(27)16-9-17(23-10-22-16)30-13-4-2-3-11(7-13)24-19(28)25-12-5-6-14(20)15(21)8-12/h2-10H,1H3,(H,26,27)(H2,24,25,28). The molecule has 0 fully saturated rings. The summed E-state index contributed by atoms with van der Waals surface area (Å²) in [6.45, 7) is 0. The molecule has 154 valence electrons. The SMILES string of the molecule is CONC(=O)c1cc(Oc2cccc(NC(=O)Nc3ccc(Cl)c(Cl)c3)c2)ncn1. The fourth-order valence-corrected chi connectivity index (χ4v) is 2.59. The van der Waals surface area contributed by atoms with E-state index in [1.807, 2.05) is 0 Å². The van der Waals surface area contributed by atoms with E-state index in [2.05, 4.69) is 30.9 Å². The van der Waals surface area contributed by atoms with Gasteiger partial charge in [-0.25, -0.2) is 20.2 Å². The van der Waals surface area contributed by atoms with Crippen LogP contribution in [-0.4, -0.2) is 29.0 Å². The van der Waals surface area contributed by atoms with E-state index in [0.29, 0.717) is 27.2 Å². The summed E-state index contributed by atoms with van der Waals surface area (Å²) in [6.07, 6.45) is 1.19. The Morgan fingerprint density at radius 3 is 2.43 bits per heavy atom. The molecule has 0 aliphatic carbocycles. The highest BCUT2D eigenvalue weighted by atomic mass is 35.5. The number of anilines is 2. The molecule has 9 nitrogen and oxygen atoms in total. The molecule has 0 bridgehead atoms. The highest BCUT2D eigenvalue weighted by molar-refractivity contribution is 6.42. The van der Waals surface area contributed by atoms with Crippen molar-refractivity contribution in [2.45, 2.75) is 0 Å². The second kappa shape index (κ2) is 9.88. The summed E-state index contributed by atoms with van der Waals surface area (Å²) in [7, 11) is 1.31. The van der Waals surface area contributed by atoms with Gasteiger partial charge in [-0.1, -0.05) is 29.3 Å². The van der Waals surface area contributed by atoms with E-state index in [4.69, 9.17) is 27.9 Å². The van der Waals surface area contributed by atoms with Crippen LogP contribution in [0.25, 0.3) is 0 Å². The lowest BCUT2D eigenvalue weighted by Crippen LogP contribution is -2.22. The van der Waals surface area contributed by atoms with Gasteiger partial charge in [0.25, 0.3) is 5.91 Å². The van der Waals surface area contributed by atoms with Crippen molar-refractivity contribution in [3.63, 3.8) is 0 Å². The molecule has 3 amide bonds. The molecule has 30 heavy (non-hydrogen) atoms. The molecule has 0 aliphatic heterocycles. The van der Waals surface area contributed by atoms with Crippen LogP contribution >= 0.6 is 23.2 Å². The van der Waals surface area contributed by atoms with Crippen LogP contribution in [0.15, 0.2) is 54.9 Å². The van der Waals surface area contributed by atoms with Crippen LogP contribution in [0.1, 0.15) is 10.5 Å². The zero-order valence-corrected chi connectivity index (χ0v) is 17.0. The molecule has 2 aromatic carbocycles. The molecular weight excluding hydrogens is 433 g/mol. The van der Waals surface area contributed by atoms with Crippen LogP contribution in [0.2, 0.25) is 10.0 Å². The van der Waals surface area contributed by atoms with E-state index < -0.39 is 11.9 Å². The van der Waals surface area contributed by atoms with Gasteiger partial charge >= 0.3 is 6.03 Å². The molecule has 0 saturated carbocycles. The Kier molecular flexibility index (Phi) is 7.02. The van der Waals surface area contributed by atoms with E-state index in [-0.39, 0.29) is 11.6 Å². The predicted octanol–water partition coefficient (Wildman–Crippen LogP) is 4.51. The van der Waals surface area contributed by atoms with Crippen molar-refractivity contribution in [1.82, 2.24) is 15.4 Å². The number of rotatable bonds is 6. The normalized spacial score (nSPS) is 10.2. The van der Waals surface area contributed by atoms with Crippen LogP contribution in [-0.2, 0) is 4.84 Å². The van der Waals surface area contributed by atoms with Gasteiger partial charge in [0.05, 0.1) is 17.2 Å². The Labute approximate surface area is 181 Å². The minimum Gasteiger partial charge on any atom is -0.439 e. The van der Waals surface area contributed by atoms with Crippen molar-refractivity contribution in [3.05, 3.63) is 70.6 Å². The number of hydrogen-bond acceptors (Lipinski definition) is 6. The molecule has 3 N–H and O–H groups in total. The molecule has 1 heterocycles. The molecule has 1 aromatic heterocycles. The van der Waals surface area contributed by atoms with Gasteiger partial charge in [-0.15, -0.1) is 0 Å². The average molecular weight is 448 g/mol. The molecule has 3 rings (SSSR count). The summed E-state index contributed by atoms with van der Waals surface area (Å²) in [6, 6.07) is 12.2. The third-order valence-electron chi connectivity index (χ3n) is 3.56. The van der Waals surface area contributed by atoms with Crippen LogP contribution in [0.4, 0.5) is 16.2 Å². The molecule has 3 aromatic rings. The third kappa shape index (κ3) is 5.80. The summed E-state index contributed by atoms with van der Waals surface area (Å²) in [4.78, 5) is 36.3. The smallest absolute Gasteiger partial charge is 0.323 e. The van der Waals surface area contributed by atoms with Crippen molar-refractivity contribution in [3.8, 4) is 11.6 Å². The molecule has 11 heteroatoms. The fraction of sp³-hybridized carbons (Fsp3) is 0.0526. The lowest BCUT2D eigenvalue weighted by atomic mass is 10.3. The van der Waals surface area contributed by atoms with Gasteiger partial charge in [-0.3, -0.25) is 9.63 Å². The lowest BCUT2D eigenvalue weighted by molar-refractivity contribution is 0.0532. The topological polar surface area (TPSA) is 114 Å². The number of benzene rings is 2. The number of carbonyl (C=O) groups excluding carboxylic acids is 2. The van der Waals surface area contributed by atoms with Crippen molar-refractivity contribution in [2.75, 3.05) is 17.7 Å². The van der Waals surface area contributed by atoms with Crippen molar-refractivity contribution in [2.24, 2.45) is 0 Å². The van der Waals surface area contributed by atoms with Gasteiger partial charge in [-0.2, -0.15) is 0 Å². The molecule has 0 radical (unpaired) electrons. The maximum absolute atomic E-state index is 12.2. The second-order valence-corrected chi connectivity index (χ2v) is 6.53. The number of amides is 3. The van der Waals surface area contributed by atoms with E-state index in [0.717, 1.165) is 0 Å². The Balaban J connectivity index is 1.66. The van der Waals surface area contributed by atoms with Gasteiger partial charge in [0.1, 0.15) is 17.8 Å². The van der Waals surface area contributed by atoms with E-state index >= 15 is 0 Å². The maximum Gasteiger partial charge on any atom is 0.323 e. The molecular formula is C19H15Cl2N5O4. The average Bonchev–Trinajstić information content (AvgIpc) is 2.71. The minimum absolute atomic E-state index is 0.0668. The third-order valence-corrected chi connectivity index (χ3v) is 4.30. The van der Waals surface area contributed by atoms with E-state index in [1.165, 1.54) is 25.6 Å². The Morgan fingerprint density at radius 1 is 0.933 bits per heavy atom. The summed E-state index contributed by atoms with van der Waals surface area (Å²) in [5, 5.41) is 6.04. The first-order valence-electron chi connectivity index (χ1n) is 8.41. The number of halogens is 2. The highest BCUT2D eigenvalue weighted by Gasteiger charge is 2.10. The molecule has 0 atom stereocenters. The zero-order valence-electron chi connectivity index (χ0n) is 15.5. The van der Waals surface area contributed by atoms with Crippen LogP contribution < -0.4 is 20.9 Å². The first-order valence-corrected chi connectivity index (χ1v) is 9.16. The molecule has 0 unspecified atom stereocenters. The quantitative estimate of drug-likeness (QED) is 0.478. The summed E-state index contributed by atoms with van der Waals surface area (Å²) < 4.78 is 5.64. The number of hydrogen-bond donors (Lipinski definition) is 3. The van der Waals surface area contributed by atoms with E-state index in [1.54, 1.807) is 36.4 Å². The lowest BCUT2D eigenvalue weighted by Gasteiger charge is -2.10. The predicted molar refractivity (Wildman–Crippen MR) is 112 cm³/mol. The van der Waals surface area contributed by atoms with Gasteiger partial charge in [-0.05, 0) is 30.3 Å². The number of carbonyl (C=O) groups is 2. The largest absolute Gasteiger partial charge is 0.439 e. The minimum atomic E-state index is -0.542. The second-order valence-electron chi connectivity index (χ2n) is 5.71. The molecule has 0 saturated heterocycles. The first kappa shape index (κ1) is 21.3. The molecule has 0 spiro atoms.